The smallest absolute Gasteiger partial charge is 0.310 e. The highest BCUT2D eigenvalue weighted by atomic mass is 16.2. The van der Waals surface area contributed by atoms with Crippen LogP contribution >= 0.6 is 0 Å². The van der Waals surface area contributed by atoms with Crippen LogP contribution in [0.4, 0.5) is 4.79 Å². The molecule has 1 N–H and O–H groups in total. The topological polar surface area (TPSA) is 49.4 Å². The summed E-state index contributed by atoms with van der Waals surface area (Å²) in [5.74, 6) is -0.0569. The fourth-order valence-electron chi connectivity index (χ4n) is 3.24. The van der Waals surface area contributed by atoms with Crippen LogP contribution in [0.15, 0.2) is 0 Å². The maximum absolute atomic E-state index is 12.0. The molecule has 1 saturated carbocycles. The fraction of sp³-hybridized carbons (Fsp3) is 0.857. The molecule has 4 nitrogen and oxygen atoms in total. The number of urea groups is 1. The first-order valence-corrected chi connectivity index (χ1v) is 7.34. The van der Waals surface area contributed by atoms with Gasteiger partial charge in [-0.2, -0.15) is 0 Å². The molecule has 0 aromatic heterocycles. The van der Waals surface area contributed by atoms with Crippen LogP contribution in [0.5, 0.6) is 0 Å². The van der Waals surface area contributed by atoms with Crippen molar-refractivity contribution in [3.63, 3.8) is 0 Å². The van der Waals surface area contributed by atoms with E-state index in [1.54, 1.807) is 0 Å². The molecule has 1 saturated heterocycles. The highest BCUT2D eigenvalue weighted by Crippen LogP contribution is 2.38. The third kappa shape index (κ3) is 2.38. The number of carbonyl (C=O) groups excluding carboxylic acids is 2. The summed E-state index contributed by atoms with van der Waals surface area (Å²) in [6, 6.07) is -0.169. The van der Waals surface area contributed by atoms with Gasteiger partial charge in [-0.3, -0.25) is 10.1 Å². The van der Waals surface area contributed by atoms with E-state index in [9.17, 15) is 9.59 Å². The van der Waals surface area contributed by atoms with Crippen molar-refractivity contribution in [2.24, 2.45) is 0 Å². The third-order valence-corrected chi connectivity index (χ3v) is 4.32. The van der Waals surface area contributed by atoms with Crippen LogP contribution in [0, 0.1) is 0 Å². The van der Waals surface area contributed by atoms with Gasteiger partial charge in [-0.15, -0.1) is 0 Å². The van der Waals surface area contributed by atoms with Gasteiger partial charge in [0.25, 0.3) is 5.91 Å². The summed E-state index contributed by atoms with van der Waals surface area (Å²) in [7, 11) is 0. The first kappa shape index (κ1) is 13.4. The maximum Gasteiger partial charge on any atom is 0.325 e. The van der Waals surface area contributed by atoms with Crippen LogP contribution < -0.4 is 5.32 Å². The van der Waals surface area contributed by atoms with Crippen molar-refractivity contribution >= 4 is 11.9 Å². The summed E-state index contributed by atoms with van der Waals surface area (Å²) in [6.45, 7) is 2.93. The Morgan fingerprint density at radius 2 is 1.78 bits per heavy atom. The van der Waals surface area contributed by atoms with Crippen LogP contribution in [-0.2, 0) is 4.79 Å². The van der Waals surface area contributed by atoms with Crippen LogP contribution in [0.1, 0.15) is 64.7 Å². The monoisotopic (exact) mass is 252 g/mol. The lowest BCUT2D eigenvalue weighted by Crippen LogP contribution is -2.47. The van der Waals surface area contributed by atoms with Gasteiger partial charge in [-0.1, -0.05) is 45.4 Å². The molecule has 1 aliphatic carbocycles. The molecule has 2 rings (SSSR count). The Morgan fingerprint density at radius 3 is 2.44 bits per heavy atom. The Bertz CT molecular complexity index is 322. The molecule has 0 radical (unpaired) electrons. The van der Waals surface area contributed by atoms with Crippen LogP contribution in [0.3, 0.4) is 0 Å². The summed E-state index contributed by atoms with van der Waals surface area (Å²) in [4.78, 5) is 25.7. The lowest BCUT2D eigenvalue weighted by molar-refractivity contribution is -0.126. The number of hydrogen-bond acceptors (Lipinski definition) is 2. The molecule has 0 unspecified atom stereocenters. The summed E-state index contributed by atoms with van der Waals surface area (Å²) in [6.07, 6.45) is 9.71. The standard InChI is InChI=1S/C14H24N2O2/c1-2-3-4-5-8-11-16-13(18)15-12(17)14(16)9-6-7-10-14/h2-11H2,1H3,(H,15,17,18). The largest absolute Gasteiger partial charge is 0.325 e. The van der Waals surface area contributed by atoms with Crippen molar-refractivity contribution in [3.05, 3.63) is 0 Å². The van der Waals surface area contributed by atoms with E-state index in [1.165, 1.54) is 19.3 Å². The first-order chi connectivity index (χ1) is 8.70. The molecule has 18 heavy (non-hydrogen) atoms. The number of unbranched alkanes of at least 4 members (excludes halogenated alkanes) is 4. The molecule has 1 aliphatic heterocycles. The number of imide groups is 1. The predicted molar refractivity (Wildman–Crippen MR) is 70.2 cm³/mol. The van der Waals surface area contributed by atoms with E-state index >= 15 is 0 Å². The zero-order valence-electron chi connectivity index (χ0n) is 11.3. The molecule has 2 fully saturated rings. The van der Waals surface area contributed by atoms with Gasteiger partial charge in [0, 0.05) is 6.54 Å². The average Bonchev–Trinajstić information content (AvgIpc) is 2.91. The number of rotatable bonds is 6. The third-order valence-electron chi connectivity index (χ3n) is 4.32. The predicted octanol–water partition coefficient (Wildman–Crippen LogP) is 2.82. The lowest BCUT2D eigenvalue weighted by atomic mass is 9.95. The maximum atomic E-state index is 12.0. The van der Waals surface area contributed by atoms with Gasteiger partial charge in [-0.25, -0.2) is 4.79 Å². The number of hydrogen-bond donors (Lipinski definition) is 1. The molecule has 2 aliphatic rings. The second-order valence-electron chi connectivity index (χ2n) is 5.56. The second kappa shape index (κ2) is 5.72. The van der Waals surface area contributed by atoms with Crippen molar-refractivity contribution < 1.29 is 9.59 Å². The van der Waals surface area contributed by atoms with E-state index < -0.39 is 5.54 Å². The van der Waals surface area contributed by atoms with Crippen molar-refractivity contribution in [2.75, 3.05) is 6.54 Å². The summed E-state index contributed by atoms with van der Waals surface area (Å²) in [5.41, 5.74) is -0.484. The van der Waals surface area contributed by atoms with Crippen LogP contribution in [-0.4, -0.2) is 28.9 Å². The zero-order chi connectivity index (χ0) is 13.0. The van der Waals surface area contributed by atoms with E-state index in [-0.39, 0.29) is 11.9 Å². The minimum atomic E-state index is -0.484. The van der Waals surface area contributed by atoms with Crippen LogP contribution in [0.25, 0.3) is 0 Å². The number of nitrogens with zero attached hydrogens (tertiary/aromatic N) is 1. The molecule has 102 valence electrons. The summed E-state index contributed by atoms with van der Waals surface area (Å²) in [5, 5.41) is 2.50. The van der Waals surface area contributed by atoms with Gasteiger partial charge in [0.2, 0.25) is 0 Å². The summed E-state index contributed by atoms with van der Waals surface area (Å²) >= 11 is 0. The molecule has 0 aromatic rings. The molecular formula is C14H24N2O2. The lowest BCUT2D eigenvalue weighted by Gasteiger charge is -2.31. The average molecular weight is 252 g/mol. The Kier molecular flexibility index (Phi) is 4.25. The van der Waals surface area contributed by atoms with Gasteiger partial charge in [0.05, 0.1) is 0 Å². The number of amides is 3. The fourth-order valence-corrected chi connectivity index (χ4v) is 3.24. The second-order valence-corrected chi connectivity index (χ2v) is 5.56. The van der Waals surface area contributed by atoms with E-state index in [1.807, 2.05) is 4.90 Å². The molecule has 3 amide bonds. The Balaban J connectivity index is 1.89. The number of carbonyl (C=O) groups is 2. The van der Waals surface area contributed by atoms with E-state index in [2.05, 4.69) is 12.2 Å². The molecule has 1 heterocycles. The molecule has 0 atom stereocenters. The van der Waals surface area contributed by atoms with Gasteiger partial charge >= 0.3 is 6.03 Å². The highest BCUT2D eigenvalue weighted by molar-refractivity contribution is 6.07. The molecular weight excluding hydrogens is 228 g/mol. The molecule has 0 aromatic carbocycles. The SMILES string of the molecule is CCCCCCCN1C(=O)NC(=O)C12CCCC2. The van der Waals surface area contributed by atoms with E-state index in [4.69, 9.17) is 0 Å². The molecule has 0 bridgehead atoms. The number of nitrogens with one attached hydrogen (secondary N) is 1. The van der Waals surface area contributed by atoms with Gasteiger partial charge in [0.15, 0.2) is 0 Å². The molecule has 1 spiro atoms. The first-order valence-electron chi connectivity index (χ1n) is 7.34. The normalized spacial score (nSPS) is 21.9. The van der Waals surface area contributed by atoms with Gasteiger partial charge in [-0.05, 0) is 19.3 Å². The Morgan fingerprint density at radius 1 is 1.11 bits per heavy atom. The Labute approximate surface area is 109 Å². The van der Waals surface area contributed by atoms with E-state index in [0.717, 1.165) is 45.1 Å². The van der Waals surface area contributed by atoms with E-state index in [0.29, 0.717) is 0 Å². The van der Waals surface area contributed by atoms with Gasteiger partial charge < -0.3 is 4.90 Å². The van der Waals surface area contributed by atoms with Crippen molar-refractivity contribution in [1.82, 2.24) is 10.2 Å². The van der Waals surface area contributed by atoms with Crippen molar-refractivity contribution in [1.29, 1.82) is 0 Å². The molecule has 4 heteroatoms. The highest BCUT2D eigenvalue weighted by Gasteiger charge is 2.53. The van der Waals surface area contributed by atoms with Crippen LogP contribution in [0.2, 0.25) is 0 Å². The Hall–Kier alpha value is -1.06. The quantitative estimate of drug-likeness (QED) is 0.583. The summed E-state index contributed by atoms with van der Waals surface area (Å²) < 4.78 is 0. The minimum absolute atomic E-state index is 0.0569. The van der Waals surface area contributed by atoms with Gasteiger partial charge in [0.1, 0.15) is 5.54 Å². The van der Waals surface area contributed by atoms with Crippen molar-refractivity contribution in [3.8, 4) is 0 Å². The van der Waals surface area contributed by atoms with Crippen molar-refractivity contribution in [2.45, 2.75) is 70.3 Å². The minimum Gasteiger partial charge on any atom is -0.310 e. The zero-order valence-corrected chi connectivity index (χ0v) is 11.3.